The van der Waals surface area contributed by atoms with Crippen molar-refractivity contribution < 1.29 is 38.1 Å². The zero-order valence-electron chi connectivity index (χ0n) is 34.8. The molecule has 0 N–H and O–H groups in total. The molecule has 0 amide bonds. The molecule has 7 rings (SSSR count). The highest BCUT2D eigenvalue weighted by Gasteiger charge is 2.32. The predicted molar refractivity (Wildman–Crippen MR) is 238 cm³/mol. The molecule has 0 atom stereocenters. The summed E-state index contributed by atoms with van der Waals surface area (Å²) in [4.78, 5) is 54.5. The normalized spacial score (nSPS) is 19.1. The van der Waals surface area contributed by atoms with Crippen LogP contribution in [0.5, 0.6) is 11.5 Å². The number of carbonyl (C=O) groups excluding carboxylic acids is 4. The summed E-state index contributed by atoms with van der Waals surface area (Å²) in [6, 6.07) is 26.4. The van der Waals surface area contributed by atoms with Gasteiger partial charge in [-0.2, -0.15) is 0 Å². The van der Waals surface area contributed by atoms with Gasteiger partial charge >= 0.3 is 23.9 Å². The highest BCUT2D eigenvalue weighted by Crippen LogP contribution is 2.45. The van der Waals surface area contributed by atoms with E-state index in [1.54, 1.807) is 23.5 Å². The Kier molecular flexibility index (Phi) is 15.2. The van der Waals surface area contributed by atoms with Crippen molar-refractivity contribution in [3.63, 3.8) is 0 Å². The van der Waals surface area contributed by atoms with Gasteiger partial charge < -0.3 is 18.9 Å². The first-order valence-electron chi connectivity index (χ1n) is 21.8. The summed E-state index contributed by atoms with van der Waals surface area (Å²) in [5, 5.41) is 2.73. The molecule has 8 nitrogen and oxygen atoms in total. The monoisotopic (exact) mass is 848 g/mol. The van der Waals surface area contributed by atoms with Crippen LogP contribution in [0.1, 0.15) is 113 Å². The Labute approximate surface area is 361 Å². The Hall–Kier alpha value is -4.80. The Morgan fingerprint density at radius 1 is 0.550 bits per heavy atom. The van der Waals surface area contributed by atoms with E-state index in [-0.39, 0.29) is 47.9 Å². The quantitative estimate of drug-likeness (QED) is 0.0673. The van der Waals surface area contributed by atoms with Gasteiger partial charge in [0.25, 0.3) is 0 Å². The Morgan fingerprint density at radius 2 is 1.00 bits per heavy atom. The molecule has 316 valence electrons. The van der Waals surface area contributed by atoms with Crippen molar-refractivity contribution in [3.8, 4) is 21.3 Å². The van der Waals surface area contributed by atoms with E-state index < -0.39 is 0 Å². The molecule has 3 aromatic carbocycles. The molecule has 2 aliphatic carbocycles. The third-order valence-electron chi connectivity index (χ3n) is 11.8. The number of carbonyl (C=O) groups is 4. The van der Waals surface area contributed by atoms with Crippen LogP contribution in [-0.4, -0.2) is 36.1 Å². The summed E-state index contributed by atoms with van der Waals surface area (Å²) in [5.41, 5.74) is 4.87. The fourth-order valence-electron chi connectivity index (χ4n) is 8.30. The van der Waals surface area contributed by atoms with E-state index in [1.165, 1.54) is 22.5 Å². The number of esters is 4. The lowest BCUT2D eigenvalue weighted by Crippen LogP contribution is -2.30. The zero-order chi connectivity index (χ0) is 41.8. The van der Waals surface area contributed by atoms with Crippen molar-refractivity contribution in [2.24, 2.45) is 11.8 Å². The van der Waals surface area contributed by atoms with Crippen molar-refractivity contribution in [2.45, 2.75) is 129 Å². The molecule has 0 radical (unpaired) electrons. The number of hydrogen-bond donors (Lipinski definition) is 0. The molecule has 60 heavy (non-hydrogen) atoms. The lowest BCUT2D eigenvalue weighted by atomic mass is 9.87. The van der Waals surface area contributed by atoms with Gasteiger partial charge in [0.15, 0.2) is 0 Å². The molecule has 10 heteroatoms. The molecular formula is C50H56O8S2. The van der Waals surface area contributed by atoms with E-state index >= 15 is 0 Å². The van der Waals surface area contributed by atoms with Crippen LogP contribution in [0.4, 0.5) is 0 Å². The maximum atomic E-state index is 13.6. The van der Waals surface area contributed by atoms with Gasteiger partial charge in [-0.15, -0.1) is 22.7 Å². The van der Waals surface area contributed by atoms with Crippen LogP contribution >= 0.6 is 22.7 Å². The van der Waals surface area contributed by atoms with Gasteiger partial charge in [0.1, 0.15) is 23.7 Å². The molecule has 5 aromatic rings. The SMILES string of the molecule is CCCc1ccc(CCC(=O)OC2CCC(C(=O)Oc3ccc(OC(=O)C4CCC(OC(=O)CCc5ccc(CCC)cc5)CC4)c4sc(-c5cccs5)cc34)CC2)cc1. The Balaban J connectivity index is 0.898. The molecule has 0 saturated heterocycles. The van der Waals surface area contributed by atoms with Crippen molar-refractivity contribution in [2.75, 3.05) is 0 Å². The lowest BCUT2D eigenvalue weighted by molar-refractivity contribution is -0.153. The number of benzene rings is 3. The van der Waals surface area contributed by atoms with Crippen LogP contribution in [0.15, 0.2) is 84.2 Å². The smallest absolute Gasteiger partial charge is 0.314 e. The summed E-state index contributed by atoms with van der Waals surface area (Å²) < 4.78 is 24.5. The summed E-state index contributed by atoms with van der Waals surface area (Å²) in [6.07, 6.45) is 10.6. The summed E-state index contributed by atoms with van der Waals surface area (Å²) in [6.45, 7) is 4.33. The van der Waals surface area contributed by atoms with E-state index in [0.29, 0.717) is 88.5 Å². The number of fused-ring (bicyclic) bond motifs is 1. The van der Waals surface area contributed by atoms with Gasteiger partial charge in [0.2, 0.25) is 0 Å². The van der Waals surface area contributed by atoms with E-state index in [4.69, 9.17) is 18.9 Å². The zero-order valence-corrected chi connectivity index (χ0v) is 36.4. The van der Waals surface area contributed by atoms with Gasteiger partial charge in [-0.1, -0.05) is 81.3 Å². The van der Waals surface area contributed by atoms with Gasteiger partial charge in [-0.05, 0) is 129 Å². The van der Waals surface area contributed by atoms with E-state index in [2.05, 4.69) is 62.4 Å². The van der Waals surface area contributed by atoms with Crippen molar-refractivity contribution in [1.82, 2.24) is 0 Å². The van der Waals surface area contributed by atoms with Gasteiger partial charge in [0, 0.05) is 28.0 Å². The first-order chi connectivity index (χ1) is 29.2. The second kappa shape index (κ2) is 21.1. The van der Waals surface area contributed by atoms with Crippen molar-refractivity contribution in [1.29, 1.82) is 0 Å². The topological polar surface area (TPSA) is 105 Å². The fraction of sp³-hybridized carbons (Fsp3) is 0.440. The van der Waals surface area contributed by atoms with E-state index in [9.17, 15) is 19.2 Å². The van der Waals surface area contributed by atoms with Crippen LogP contribution in [0.3, 0.4) is 0 Å². The van der Waals surface area contributed by atoms with Crippen LogP contribution in [0.25, 0.3) is 19.8 Å². The molecule has 2 saturated carbocycles. The average Bonchev–Trinajstić information content (AvgIpc) is 3.97. The van der Waals surface area contributed by atoms with Crippen molar-refractivity contribution in [3.05, 3.63) is 106 Å². The van der Waals surface area contributed by atoms with Gasteiger partial charge in [0.05, 0.1) is 16.5 Å². The number of rotatable bonds is 17. The minimum Gasteiger partial charge on any atom is -0.462 e. The molecule has 2 aromatic heterocycles. The molecule has 2 fully saturated rings. The van der Waals surface area contributed by atoms with Crippen LogP contribution < -0.4 is 9.47 Å². The first kappa shape index (κ1) is 43.3. The predicted octanol–water partition coefficient (Wildman–Crippen LogP) is 11.8. The third-order valence-corrected chi connectivity index (χ3v) is 14.0. The molecule has 0 aliphatic heterocycles. The number of aryl methyl sites for hydroxylation is 4. The molecule has 0 spiro atoms. The van der Waals surface area contributed by atoms with Crippen LogP contribution in [-0.2, 0) is 54.3 Å². The van der Waals surface area contributed by atoms with Crippen molar-refractivity contribution >= 4 is 56.6 Å². The second-order valence-corrected chi connectivity index (χ2v) is 18.3. The maximum Gasteiger partial charge on any atom is 0.314 e. The summed E-state index contributed by atoms with van der Waals surface area (Å²) in [7, 11) is 0. The third kappa shape index (κ3) is 11.7. The fourth-order valence-corrected chi connectivity index (χ4v) is 10.3. The number of thiophene rings is 2. The summed E-state index contributed by atoms with van der Waals surface area (Å²) in [5.74, 6) is -0.753. The minimum atomic E-state index is -0.306. The van der Waals surface area contributed by atoms with E-state index in [0.717, 1.165) is 56.7 Å². The van der Waals surface area contributed by atoms with Gasteiger partial charge in [-0.3, -0.25) is 19.2 Å². The highest BCUT2D eigenvalue weighted by atomic mass is 32.1. The van der Waals surface area contributed by atoms with E-state index in [1.807, 2.05) is 23.6 Å². The summed E-state index contributed by atoms with van der Waals surface area (Å²) >= 11 is 3.12. The maximum absolute atomic E-state index is 13.6. The highest BCUT2D eigenvalue weighted by molar-refractivity contribution is 7.26. The lowest BCUT2D eigenvalue weighted by Gasteiger charge is -2.27. The Morgan fingerprint density at radius 3 is 1.45 bits per heavy atom. The molecule has 2 aliphatic rings. The number of ether oxygens (including phenoxy) is 4. The molecule has 2 heterocycles. The first-order valence-corrected chi connectivity index (χ1v) is 23.5. The second-order valence-electron chi connectivity index (χ2n) is 16.3. The van der Waals surface area contributed by atoms with Crippen LogP contribution in [0.2, 0.25) is 0 Å². The van der Waals surface area contributed by atoms with Gasteiger partial charge in [-0.25, -0.2) is 0 Å². The molecular weight excluding hydrogens is 793 g/mol. The molecule has 0 bridgehead atoms. The van der Waals surface area contributed by atoms with Crippen LogP contribution in [0, 0.1) is 11.8 Å². The largest absolute Gasteiger partial charge is 0.462 e. The Bertz CT molecular complexity index is 2050. The number of hydrogen-bond acceptors (Lipinski definition) is 10. The average molecular weight is 849 g/mol. The molecule has 0 unspecified atom stereocenters. The minimum absolute atomic E-state index is 0.200. The standard InChI is InChI=1S/C50H56O8S2/c1-3-6-33-9-13-35(14-10-33)17-29-46(51)55-39-23-19-37(20-24-39)49(53)57-42-27-28-43(48-41(42)32-45(60-48)44-8-5-31-59-44)58-50(54)38-21-25-40(26-22-38)56-47(52)30-18-36-15-11-34(7-4-2)12-16-36/h5,8-16,27-28,31-32,37-40H,3-4,6-7,17-26,29-30H2,1-2H3.